The molecule has 2 heterocycles. The number of carbonyl (C=O) groups is 2. The quantitative estimate of drug-likeness (QED) is 0.422. The molecule has 0 bridgehead atoms. The molecule has 0 aliphatic carbocycles. The number of thioether (sulfide) groups is 1. The van der Waals surface area contributed by atoms with Crippen LogP contribution in [0.3, 0.4) is 0 Å². The van der Waals surface area contributed by atoms with Crippen LogP contribution < -0.4 is 5.32 Å². The number of hydrogen-bond donors (Lipinski definition) is 1. The van der Waals surface area contributed by atoms with Crippen LogP contribution in [0.1, 0.15) is 38.3 Å². The summed E-state index contributed by atoms with van der Waals surface area (Å²) in [6.45, 7) is 7.60. The molecular weight excluding hydrogens is 470 g/mol. The van der Waals surface area contributed by atoms with E-state index in [0.717, 1.165) is 24.9 Å². The van der Waals surface area contributed by atoms with Crippen LogP contribution in [-0.4, -0.2) is 57.6 Å². The van der Waals surface area contributed by atoms with E-state index in [4.69, 9.17) is 4.74 Å². The number of nitrogens with one attached hydrogen (secondary N) is 1. The summed E-state index contributed by atoms with van der Waals surface area (Å²) in [4.78, 5) is 31.8. The van der Waals surface area contributed by atoms with Gasteiger partial charge in [0.2, 0.25) is 5.91 Å². The molecular formula is C29H35N3O3S. The lowest BCUT2D eigenvalue weighted by Gasteiger charge is -2.26. The summed E-state index contributed by atoms with van der Waals surface area (Å²) < 4.78 is 5.47. The van der Waals surface area contributed by atoms with Crippen molar-refractivity contribution in [3.8, 4) is 0 Å². The Kier molecular flexibility index (Phi) is 8.64. The molecule has 36 heavy (non-hydrogen) atoms. The molecule has 7 heteroatoms. The molecule has 1 aliphatic heterocycles. The molecule has 1 aliphatic rings. The van der Waals surface area contributed by atoms with E-state index in [9.17, 15) is 9.59 Å². The molecule has 0 unspecified atom stereocenters. The Balaban J connectivity index is 1.42. The fourth-order valence-electron chi connectivity index (χ4n) is 4.56. The van der Waals surface area contributed by atoms with Crippen molar-refractivity contribution in [1.29, 1.82) is 0 Å². The van der Waals surface area contributed by atoms with E-state index >= 15 is 0 Å². The number of rotatable bonds is 8. The lowest BCUT2D eigenvalue weighted by atomic mass is 10.0. The van der Waals surface area contributed by atoms with Crippen LogP contribution in [-0.2, 0) is 22.4 Å². The zero-order chi connectivity index (χ0) is 25.5. The van der Waals surface area contributed by atoms with Crippen LogP contribution in [0.15, 0.2) is 67.0 Å². The van der Waals surface area contributed by atoms with Crippen molar-refractivity contribution in [1.82, 2.24) is 15.2 Å². The average molecular weight is 506 g/mol. The summed E-state index contributed by atoms with van der Waals surface area (Å²) in [7, 11) is 0. The van der Waals surface area contributed by atoms with E-state index in [1.54, 1.807) is 12.4 Å². The molecule has 1 amide bonds. The minimum absolute atomic E-state index is 0.0910. The van der Waals surface area contributed by atoms with Crippen LogP contribution in [0.2, 0.25) is 0 Å². The second-order valence-electron chi connectivity index (χ2n) is 10.3. The van der Waals surface area contributed by atoms with Gasteiger partial charge in [0.25, 0.3) is 0 Å². The predicted octanol–water partition coefficient (Wildman–Crippen LogP) is 5.25. The van der Waals surface area contributed by atoms with Gasteiger partial charge in [0.15, 0.2) is 0 Å². The second kappa shape index (κ2) is 11.9. The molecule has 1 fully saturated rings. The summed E-state index contributed by atoms with van der Waals surface area (Å²) in [5.41, 5.74) is 1.66. The van der Waals surface area contributed by atoms with Gasteiger partial charge in [0.1, 0.15) is 5.60 Å². The van der Waals surface area contributed by atoms with Gasteiger partial charge in [-0.1, -0.05) is 48.5 Å². The van der Waals surface area contributed by atoms with Crippen molar-refractivity contribution in [3.05, 3.63) is 78.1 Å². The van der Waals surface area contributed by atoms with E-state index in [1.165, 1.54) is 28.1 Å². The third-order valence-electron chi connectivity index (χ3n) is 6.24. The summed E-state index contributed by atoms with van der Waals surface area (Å²) in [6.07, 6.45) is 5.39. The number of hydrogen-bond acceptors (Lipinski definition) is 6. The summed E-state index contributed by atoms with van der Waals surface area (Å²) >= 11 is 1.25. The van der Waals surface area contributed by atoms with Crippen LogP contribution in [0.4, 0.5) is 4.79 Å². The summed E-state index contributed by atoms with van der Waals surface area (Å²) in [5, 5.41) is 5.85. The highest BCUT2D eigenvalue weighted by Gasteiger charge is 2.30. The van der Waals surface area contributed by atoms with Gasteiger partial charge in [0, 0.05) is 43.3 Å². The third-order valence-corrected chi connectivity index (χ3v) is 7.20. The highest BCUT2D eigenvalue weighted by atomic mass is 32.2. The van der Waals surface area contributed by atoms with Crippen molar-refractivity contribution in [3.63, 3.8) is 0 Å². The minimum Gasteiger partial charge on any atom is -0.452 e. The maximum Gasteiger partial charge on any atom is 0.368 e. The van der Waals surface area contributed by atoms with Crippen LogP contribution in [0.5, 0.6) is 0 Å². The lowest BCUT2D eigenvalue weighted by Crippen LogP contribution is -2.42. The zero-order valence-electron chi connectivity index (χ0n) is 21.3. The van der Waals surface area contributed by atoms with Crippen molar-refractivity contribution in [2.24, 2.45) is 0 Å². The van der Waals surface area contributed by atoms with E-state index in [-0.39, 0.29) is 22.5 Å². The topological polar surface area (TPSA) is 71.5 Å². The van der Waals surface area contributed by atoms with Gasteiger partial charge in [-0.3, -0.25) is 9.78 Å². The molecule has 1 N–H and O–H groups in total. The first-order valence-electron chi connectivity index (χ1n) is 12.5. The average Bonchev–Trinajstić information content (AvgIpc) is 3.27. The molecule has 1 saturated heterocycles. The Hall–Kier alpha value is -2.90. The number of aromatic nitrogens is 1. The van der Waals surface area contributed by atoms with Crippen LogP contribution in [0, 0.1) is 0 Å². The third kappa shape index (κ3) is 7.55. The standard InChI is InChI=1S/C29H35N3O3S/c1-29(2,3)35-28(34)36-25-17-24(31-19-25)20-32(27(33)16-21-8-7-14-30-18-21)15-13-23-11-6-10-22-9-4-5-12-26(22)23/h4-12,14,18,24-25,31H,13,15-17,19-20H2,1-3H3/t24-,25-/m0/s1. The maximum atomic E-state index is 13.4. The smallest absolute Gasteiger partial charge is 0.368 e. The Morgan fingerprint density at radius 3 is 2.69 bits per heavy atom. The monoisotopic (exact) mass is 505 g/mol. The van der Waals surface area contributed by atoms with Gasteiger partial charge in [0.05, 0.1) is 6.42 Å². The minimum atomic E-state index is -0.493. The van der Waals surface area contributed by atoms with Crippen molar-refractivity contribution in [2.75, 3.05) is 19.6 Å². The second-order valence-corrected chi connectivity index (χ2v) is 11.5. The SMILES string of the molecule is CC(C)(C)OC(=O)S[C@@H]1CN[C@H](CN(CCc2cccc3ccccc23)C(=O)Cc2cccnc2)C1. The van der Waals surface area contributed by atoms with E-state index in [1.807, 2.05) is 43.9 Å². The fourth-order valence-corrected chi connectivity index (χ4v) is 5.64. The number of benzene rings is 2. The largest absolute Gasteiger partial charge is 0.452 e. The molecule has 1 aromatic heterocycles. The van der Waals surface area contributed by atoms with Gasteiger partial charge in [-0.2, -0.15) is 0 Å². The first kappa shape index (κ1) is 26.2. The summed E-state index contributed by atoms with van der Waals surface area (Å²) in [5.74, 6) is 0.0910. The van der Waals surface area contributed by atoms with Gasteiger partial charge in [-0.25, -0.2) is 4.79 Å². The Labute approximate surface area is 217 Å². The maximum absolute atomic E-state index is 13.4. The highest BCUT2D eigenvalue weighted by Crippen LogP contribution is 2.26. The number of amides is 1. The fraction of sp³-hybridized carbons (Fsp3) is 0.414. The van der Waals surface area contributed by atoms with Crippen LogP contribution >= 0.6 is 11.8 Å². The van der Waals surface area contributed by atoms with E-state index in [0.29, 0.717) is 19.5 Å². The van der Waals surface area contributed by atoms with Crippen molar-refractivity contribution < 1.29 is 14.3 Å². The molecule has 3 aromatic rings. The zero-order valence-corrected chi connectivity index (χ0v) is 22.1. The molecule has 4 rings (SSSR count). The molecule has 190 valence electrons. The summed E-state index contributed by atoms with van der Waals surface area (Å²) in [6, 6.07) is 18.7. The molecule has 0 saturated carbocycles. The Morgan fingerprint density at radius 2 is 1.92 bits per heavy atom. The first-order chi connectivity index (χ1) is 17.3. The number of ether oxygens (including phenoxy) is 1. The molecule has 2 aromatic carbocycles. The number of pyridine rings is 1. The number of fused-ring (bicyclic) bond motifs is 1. The normalized spacial score (nSPS) is 17.8. The Morgan fingerprint density at radius 1 is 1.11 bits per heavy atom. The predicted molar refractivity (Wildman–Crippen MR) is 146 cm³/mol. The molecule has 2 atom stereocenters. The van der Waals surface area contributed by atoms with Crippen molar-refractivity contribution in [2.45, 2.75) is 56.9 Å². The number of nitrogens with zero attached hydrogens (tertiary/aromatic N) is 2. The van der Waals surface area contributed by atoms with Gasteiger partial charge in [-0.05, 0) is 73.3 Å². The van der Waals surface area contributed by atoms with E-state index < -0.39 is 5.60 Å². The Bertz CT molecular complexity index is 1170. The number of carbonyl (C=O) groups excluding carboxylic acids is 2. The highest BCUT2D eigenvalue weighted by molar-refractivity contribution is 8.13. The molecule has 0 spiro atoms. The van der Waals surface area contributed by atoms with Crippen molar-refractivity contribution >= 4 is 33.7 Å². The van der Waals surface area contributed by atoms with Gasteiger partial charge >= 0.3 is 5.30 Å². The lowest BCUT2D eigenvalue weighted by molar-refractivity contribution is -0.130. The van der Waals surface area contributed by atoms with Gasteiger partial charge < -0.3 is 15.0 Å². The van der Waals surface area contributed by atoms with E-state index in [2.05, 4.69) is 46.7 Å². The van der Waals surface area contributed by atoms with Crippen LogP contribution in [0.25, 0.3) is 10.8 Å². The molecule has 0 radical (unpaired) electrons. The first-order valence-corrected chi connectivity index (χ1v) is 13.4. The molecule has 6 nitrogen and oxygen atoms in total. The van der Waals surface area contributed by atoms with Gasteiger partial charge in [-0.15, -0.1) is 0 Å².